The van der Waals surface area contributed by atoms with Gasteiger partial charge in [0.15, 0.2) is 0 Å². The van der Waals surface area contributed by atoms with Crippen LogP contribution in [-0.4, -0.2) is 34.5 Å². The van der Waals surface area contributed by atoms with E-state index in [-0.39, 0.29) is 17.2 Å². The van der Waals surface area contributed by atoms with Crippen LogP contribution in [0.4, 0.5) is 0 Å². The van der Waals surface area contributed by atoms with E-state index in [2.05, 4.69) is 25.1 Å². The summed E-state index contributed by atoms with van der Waals surface area (Å²) >= 11 is 5.87. The van der Waals surface area contributed by atoms with E-state index in [0.29, 0.717) is 5.88 Å². The van der Waals surface area contributed by atoms with Gasteiger partial charge in [-0.15, -0.1) is 0 Å². The minimum atomic E-state index is 0.0272. The lowest BCUT2D eigenvalue weighted by molar-refractivity contribution is 0.396. The second kappa shape index (κ2) is 4.89. The van der Waals surface area contributed by atoms with Gasteiger partial charge in [0.25, 0.3) is 5.95 Å². The summed E-state index contributed by atoms with van der Waals surface area (Å²) in [6.45, 7) is 1.86. The van der Waals surface area contributed by atoms with Gasteiger partial charge in [-0.05, 0) is 24.6 Å². The first kappa shape index (κ1) is 12.5. The molecule has 0 aliphatic heterocycles. The van der Waals surface area contributed by atoms with E-state index in [1.807, 2.05) is 6.92 Å². The zero-order valence-electron chi connectivity index (χ0n) is 10.7. The molecule has 3 aromatic heterocycles. The predicted octanol–water partition coefficient (Wildman–Crippen LogP) is 1.54. The summed E-state index contributed by atoms with van der Waals surface area (Å²) in [6, 6.07) is 3.60. The molecule has 8 nitrogen and oxygen atoms in total. The summed E-state index contributed by atoms with van der Waals surface area (Å²) in [7, 11) is 1.76. The lowest BCUT2D eigenvalue weighted by Crippen LogP contribution is -2.06. The molecule has 3 rings (SSSR count). The molecule has 0 spiro atoms. The van der Waals surface area contributed by atoms with Crippen LogP contribution in [-0.2, 0) is 7.05 Å². The Balaban J connectivity index is 1.96. The van der Waals surface area contributed by atoms with Crippen LogP contribution in [0.5, 0.6) is 11.9 Å². The van der Waals surface area contributed by atoms with Gasteiger partial charge in [0.2, 0.25) is 11.2 Å². The highest BCUT2D eigenvalue weighted by Crippen LogP contribution is 2.19. The molecule has 3 aromatic rings. The van der Waals surface area contributed by atoms with Crippen molar-refractivity contribution in [2.24, 2.45) is 7.05 Å². The molecule has 20 heavy (non-hydrogen) atoms. The summed E-state index contributed by atoms with van der Waals surface area (Å²) in [6.07, 6.45) is 3.31. The van der Waals surface area contributed by atoms with Crippen molar-refractivity contribution in [2.45, 2.75) is 6.92 Å². The van der Waals surface area contributed by atoms with E-state index in [9.17, 15) is 0 Å². The van der Waals surface area contributed by atoms with Crippen LogP contribution in [0.2, 0.25) is 5.28 Å². The van der Waals surface area contributed by atoms with Crippen molar-refractivity contribution in [1.29, 1.82) is 0 Å². The second-order valence-corrected chi connectivity index (χ2v) is 4.33. The van der Waals surface area contributed by atoms with Gasteiger partial charge < -0.3 is 4.74 Å². The molecule has 9 heteroatoms. The van der Waals surface area contributed by atoms with Gasteiger partial charge in [0.1, 0.15) is 0 Å². The first-order valence-electron chi connectivity index (χ1n) is 5.72. The topological polar surface area (TPSA) is 83.5 Å². The molecule has 0 aromatic carbocycles. The van der Waals surface area contributed by atoms with Crippen molar-refractivity contribution in [3.05, 3.63) is 35.5 Å². The standard InChI is InChI=1S/C11H10ClN7O/c1-7-6-8(18(2)17-7)20-11-15-9(12)14-10(16-11)19-5-3-4-13-19/h3-6H,1-2H3. The van der Waals surface area contributed by atoms with Gasteiger partial charge in [-0.25, -0.2) is 9.36 Å². The van der Waals surface area contributed by atoms with Crippen LogP contribution in [0.25, 0.3) is 5.95 Å². The van der Waals surface area contributed by atoms with Crippen molar-refractivity contribution in [2.75, 3.05) is 0 Å². The summed E-state index contributed by atoms with van der Waals surface area (Å²) < 4.78 is 8.61. The summed E-state index contributed by atoms with van der Waals surface area (Å²) in [5.74, 6) is 0.792. The Morgan fingerprint density at radius 2 is 2.10 bits per heavy atom. The Labute approximate surface area is 119 Å². The zero-order chi connectivity index (χ0) is 14.1. The molecule has 0 aliphatic rings. The third kappa shape index (κ3) is 2.45. The number of aromatic nitrogens is 7. The summed E-state index contributed by atoms with van der Waals surface area (Å²) in [5, 5.41) is 8.23. The normalized spacial score (nSPS) is 10.8. The molecule has 0 fully saturated rings. The van der Waals surface area contributed by atoms with Gasteiger partial charge in [0, 0.05) is 25.5 Å². The van der Waals surface area contributed by atoms with E-state index in [0.717, 1.165) is 5.69 Å². The number of halogens is 1. The van der Waals surface area contributed by atoms with E-state index >= 15 is 0 Å². The first-order valence-corrected chi connectivity index (χ1v) is 6.10. The van der Waals surface area contributed by atoms with Crippen molar-refractivity contribution in [3.8, 4) is 17.8 Å². The fourth-order valence-corrected chi connectivity index (χ4v) is 1.78. The maximum absolute atomic E-state index is 5.87. The van der Waals surface area contributed by atoms with Crippen molar-refractivity contribution < 1.29 is 4.74 Å². The van der Waals surface area contributed by atoms with Crippen LogP contribution in [0, 0.1) is 6.92 Å². The molecule has 0 bridgehead atoms. The Morgan fingerprint density at radius 3 is 2.75 bits per heavy atom. The van der Waals surface area contributed by atoms with E-state index in [1.54, 1.807) is 36.3 Å². The monoisotopic (exact) mass is 291 g/mol. The van der Waals surface area contributed by atoms with Crippen molar-refractivity contribution in [3.63, 3.8) is 0 Å². The number of rotatable bonds is 3. The fraction of sp³-hybridized carbons (Fsp3) is 0.182. The highest BCUT2D eigenvalue weighted by molar-refractivity contribution is 6.28. The van der Waals surface area contributed by atoms with Gasteiger partial charge in [-0.1, -0.05) is 0 Å². The molecule has 0 unspecified atom stereocenters. The Hall–Kier alpha value is -2.48. The van der Waals surface area contributed by atoms with Gasteiger partial charge in [-0.3, -0.25) is 0 Å². The van der Waals surface area contributed by atoms with Crippen LogP contribution in [0.1, 0.15) is 5.69 Å². The minimum absolute atomic E-state index is 0.0272. The first-order chi connectivity index (χ1) is 9.61. The molecule has 0 atom stereocenters. The van der Waals surface area contributed by atoms with E-state index in [4.69, 9.17) is 16.3 Å². The number of aryl methyl sites for hydroxylation is 2. The van der Waals surface area contributed by atoms with Crippen LogP contribution in [0.15, 0.2) is 24.5 Å². The quantitative estimate of drug-likeness (QED) is 0.728. The maximum atomic E-state index is 5.87. The molecule has 0 amide bonds. The predicted molar refractivity (Wildman–Crippen MR) is 70.0 cm³/mol. The Bertz CT molecular complexity index is 737. The van der Waals surface area contributed by atoms with E-state index in [1.165, 1.54) is 4.68 Å². The maximum Gasteiger partial charge on any atom is 0.329 e. The average molecular weight is 292 g/mol. The molecule has 3 heterocycles. The third-order valence-electron chi connectivity index (χ3n) is 2.44. The lowest BCUT2D eigenvalue weighted by atomic mass is 10.5. The van der Waals surface area contributed by atoms with Gasteiger partial charge >= 0.3 is 6.01 Å². The Kier molecular flexibility index (Phi) is 3.07. The largest absolute Gasteiger partial charge is 0.405 e. The number of nitrogens with zero attached hydrogens (tertiary/aromatic N) is 7. The number of hydrogen-bond donors (Lipinski definition) is 0. The van der Waals surface area contributed by atoms with Crippen molar-refractivity contribution >= 4 is 11.6 Å². The number of ether oxygens (including phenoxy) is 1. The van der Waals surface area contributed by atoms with Crippen LogP contribution in [0.3, 0.4) is 0 Å². The number of hydrogen-bond acceptors (Lipinski definition) is 6. The SMILES string of the molecule is Cc1cc(Oc2nc(Cl)nc(-n3cccn3)n2)n(C)n1. The summed E-state index contributed by atoms with van der Waals surface area (Å²) in [5.41, 5.74) is 0.829. The summed E-state index contributed by atoms with van der Waals surface area (Å²) in [4.78, 5) is 12.1. The van der Waals surface area contributed by atoms with Gasteiger partial charge in [0.05, 0.1) is 5.69 Å². The van der Waals surface area contributed by atoms with Crippen LogP contribution >= 0.6 is 11.6 Å². The Morgan fingerprint density at radius 1 is 1.25 bits per heavy atom. The highest BCUT2D eigenvalue weighted by atomic mass is 35.5. The van der Waals surface area contributed by atoms with Crippen LogP contribution < -0.4 is 4.74 Å². The van der Waals surface area contributed by atoms with Gasteiger partial charge in [-0.2, -0.15) is 25.1 Å². The average Bonchev–Trinajstić information content (AvgIpc) is 2.99. The molecular weight excluding hydrogens is 282 g/mol. The molecule has 0 saturated carbocycles. The molecular formula is C11H10ClN7O. The highest BCUT2D eigenvalue weighted by Gasteiger charge is 2.11. The molecule has 0 radical (unpaired) electrons. The van der Waals surface area contributed by atoms with Crippen molar-refractivity contribution in [1.82, 2.24) is 34.5 Å². The minimum Gasteiger partial charge on any atom is -0.405 e. The molecule has 0 aliphatic carbocycles. The molecule has 0 saturated heterocycles. The second-order valence-electron chi connectivity index (χ2n) is 3.99. The van der Waals surface area contributed by atoms with E-state index < -0.39 is 0 Å². The molecule has 0 N–H and O–H groups in total. The fourth-order valence-electron chi connectivity index (χ4n) is 1.63. The lowest BCUT2D eigenvalue weighted by Gasteiger charge is -2.05. The molecule has 102 valence electrons. The smallest absolute Gasteiger partial charge is 0.329 e. The third-order valence-corrected chi connectivity index (χ3v) is 2.61. The zero-order valence-corrected chi connectivity index (χ0v) is 11.5.